The van der Waals surface area contributed by atoms with Crippen LogP contribution >= 0.6 is 12.4 Å². The van der Waals surface area contributed by atoms with Crippen LogP contribution in [0.1, 0.15) is 25.7 Å². The zero-order chi connectivity index (χ0) is 14.3. The molecule has 4 aliphatic carbocycles. The maximum atomic E-state index is 10.6. The van der Waals surface area contributed by atoms with E-state index in [1.807, 2.05) is 0 Å². The van der Waals surface area contributed by atoms with Crippen LogP contribution in [0.25, 0.3) is 0 Å². The van der Waals surface area contributed by atoms with E-state index in [2.05, 4.69) is 24.3 Å². The van der Waals surface area contributed by atoms with Gasteiger partial charge in [-0.25, -0.2) is 0 Å². The molecule has 0 spiro atoms. The van der Waals surface area contributed by atoms with E-state index in [0.717, 1.165) is 25.7 Å². The molecule has 0 aromatic carbocycles. The van der Waals surface area contributed by atoms with Crippen molar-refractivity contribution in [2.24, 2.45) is 35.5 Å². The second-order valence-electron chi connectivity index (χ2n) is 6.45. The molecular weight excluding hydrogens is 319 g/mol. The fourth-order valence-electron chi connectivity index (χ4n) is 4.13. The van der Waals surface area contributed by atoms with Crippen molar-refractivity contribution in [3.8, 4) is 0 Å². The normalized spacial score (nSPS) is 38.7. The smallest absolute Gasteiger partial charge is 0.307 e. The van der Waals surface area contributed by atoms with Gasteiger partial charge in [0.1, 0.15) is 0 Å². The van der Waals surface area contributed by atoms with E-state index in [4.69, 9.17) is 10.2 Å². The lowest BCUT2D eigenvalue weighted by atomic mass is 9.94. The molecule has 6 heteroatoms. The van der Waals surface area contributed by atoms with Crippen LogP contribution in [0.2, 0.25) is 0 Å². The highest BCUT2D eigenvalue weighted by molar-refractivity contribution is 5.85. The van der Waals surface area contributed by atoms with Gasteiger partial charge < -0.3 is 10.2 Å². The van der Waals surface area contributed by atoms with Crippen LogP contribution in [-0.2, 0) is 9.59 Å². The van der Waals surface area contributed by atoms with Crippen molar-refractivity contribution >= 4 is 41.7 Å². The molecule has 2 saturated carbocycles. The molecule has 0 aromatic heterocycles. The van der Waals surface area contributed by atoms with E-state index in [0.29, 0.717) is 23.7 Å². The Morgan fingerprint density at radius 3 is 1.23 bits per heavy atom. The molecule has 4 aliphatic rings. The van der Waals surface area contributed by atoms with Gasteiger partial charge >= 0.3 is 11.9 Å². The minimum Gasteiger partial charge on any atom is -0.481 e. The first-order chi connectivity index (χ1) is 9.54. The number of halogens is 1. The maximum absolute atomic E-state index is 10.6. The zero-order valence-corrected chi connectivity index (χ0v) is 12.5. The first-order valence-corrected chi connectivity index (χ1v) is 7.37. The Bertz CT molecular complexity index is 447. The largest absolute Gasteiger partial charge is 0.481 e. The van der Waals surface area contributed by atoms with Crippen molar-refractivity contribution in [3.05, 3.63) is 24.3 Å². The molecule has 6 unspecified atom stereocenters. The fourth-order valence-corrected chi connectivity index (χ4v) is 4.13. The summed E-state index contributed by atoms with van der Waals surface area (Å²) in [6, 6.07) is 0. The van der Waals surface area contributed by atoms with E-state index in [1.165, 1.54) is 0 Å². The zero-order valence-electron chi connectivity index (χ0n) is 11.7. The molecular formula is C16H24AlClO4. The van der Waals surface area contributed by atoms with Gasteiger partial charge in [-0.05, 0) is 49.4 Å². The lowest BCUT2D eigenvalue weighted by molar-refractivity contribution is -0.143. The average Bonchev–Trinajstić information content (AvgIpc) is 3.18. The molecule has 4 rings (SSSR count). The van der Waals surface area contributed by atoms with Gasteiger partial charge in [0.15, 0.2) is 17.4 Å². The molecule has 0 saturated heterocycles. The Balaban J connectivity index is 0.000000202. The summed E-state index contributed by atoms with van der Waals surface area (Å²) in [5.41, 5.74) is 0. The van der Waals surface area contributed by atoms with Crippen molar-refractivity contribution in [2.45, 2.75) is 25.7 Å². The summed E-state index contributed by atoms with van der Waals surface area (Å²) in [5.74, 6) is 0.473. The molecule has 0 aromatic rings. The Morgan fingerprint density at radius 1 is 0.727 bits per heavy atom. The summed E-state index contributed by atoms with van der Waals surface area (Å²) in [6.45, 7) is 0. The standard InChI is InChI=1S/2C8H10O2.Al.ClH.3H/c2*9-8(10)7-4-5-1-2-6(7)3-5;;;;;/h2*1-2,5-7H,3-4H2,(H,9,10);;1H;;;. The predicted molar refractivity (Wildman–Crippen MR) is 90.1 cm³/mol. The van der Waals surface area contributed by atoms with Crippen LogP contribution in [0, 0.1) is 35.5 Å². The molecule has 4 bridgehead atoms. The van der Waals surface area contributed by atoms with Gasteiger partial charge in [-0.15, -0.1) is 12.4 Å². The van der Waals surface area contributed by atoms with Gasteiger partial charge in [0.25, 0.3) is 0 Å². The van der Waals surface area contributed by atoms with Crippen molar-refractivity contribution < 1.29 is 19.8 Å². The van der Waals surface area contributed by atoms with Crippen molar-refractivity contribution in [1.82, 2.24) is 0 Å². The number of allylic oxidation sites excluding steroid dienone is 4. The Morgan fingerprint density at radius 2 is 1.09 bits per heavy atom. The lowest BCUT2D eigenvalue weighted by Crippen LogP contribution is -2.17. The molecule has 22 heavy (non-hydrogen) atoms. The second kappa shape index (κ2) is 7.68. The number of rotatable bonds is 2. The van der Waals surface area contributed by atoms with Crippen LogP contribution < -0.4 is 0 Å². The fraction of sp³-hybridized carbons (Fsp3) is 0.625. The van der Waals surface area contributed by atoms with E-state index in [-0.39, 0.29) is 41.6 Å². The molecule has 0 amide bonds. The third-order valence-corrected chi connectivity index (χ3v) is 5.19. The third-order valence-electron chi connectivity index (χ3n) is 5.19. The molecule has 6 atom stereocenters. The van der Waals surface area contributed by atoms with Gasteiger partial charge in [0.05, 0.1) is 11.8 Å². The Kier molecular flexibility index (Phi) is 6.73. The molecule has 2 N–H and O–H groups in total. The SMILES string of the molecule is Cl.O=C(O)C1CC2C=CC1C2.O=C(O)C1CC2C=CC1C2.[AlH3]. The number of fused-ring (bicyclic) bond motifs is 4. The van der Waals surface area contributed by atoms with Crippen LogP contribution in [0.15, 0.2) is 24.3 Å². The topological polar surface area (TPSA) is 74.6 Å². The summed E-state index contributed by atoms with van der Waals surface area (Å²) < 4.78 is 0. The highest BCUT2D eigenvalue weighted by atomic mass is 35.5. The Hall–Kier alpha value is -0.758. The number of hydrogen-bond donors (Lipinski definition) is 2. The molecule has 0 aliphatic heterocycles. The summed E-state index contributed by atoms with van der Waals surface area (Å²) in [6.07, 6.45) is 12.3. The van der Waals surface area contributed by atoms with E-state index in [9.17, 15) is 9.59 Å². The van der Waals surface area contributed by atoms with Crippen LogP contribution in [0.5, 0.6) is 0 Å². The third kappa shape index (κ3) is 3.76. The van der Waals surface area contributed by atoms with Gasteiger partial charge in [0, 0.05) is 0 Å². The van der Waals surface area contributed by atoms with Crippen LogP contribution in [0.3, 0.4) is 0 Å². The number of carboxylic acid groups (broad SMARTS) is 2. The van der Waals surface area contributed by atoms with Gasteiger partial charge in [-0.3, -0.25) is 9.59 Å². The number of carbonyl (C=O) groups is 2. The highest BCUT2D eigenvalue weighted by Gasteiger charge is 2.40. The molecule has 0 heterocycles. The van der Waals surface area contributed by atoms with Gasteiger partial charge in [-0.1, -0.05) is 24.3 Å². The molecule has 2 fully saturated rings. The van der Waals surface area contributed by atoms with Gasteiger partial charge in [0.2, 0.25) is 0 Å². The predicted octanol–water partition coefficient (Wildman–Crippen LogP) is 1.80. The summed E-state index contributed by atoms with van der Waals surface area (Å²) in [5, 5.41) is 17.4. The first kappa shape index (κ1) is 19.3. The first-order valence-electron chi connectivity index (χ1n) is 7.37. The molecule has 0 radical (unpaired) electrons. The highest BCUT2D eigenvalue weighted by Crippen LogP contribution is 2.44. The Labute approximate surface area is 147 Å². The number of aliphatic carboxylic acids is 2. The van der Waals surface area contributed by atoms with Crippen LogP contribution in [0.4, 0.5) is 0 Å². The molecule has 4 nitrogen and oxygen atoms in total. The summed E-state index contributed by atoms with van der Waals surface area (Å²) in [4.78, 5) is 21.1. The number of hydrogen-bond acceptors (Lipinski definition) is 2. The monoisotopic (exact) mass is 342 g/mol. The minimum absolute atomic E-state index is 0. The lowest BCUT2D eigenvalue weighted by Gasteiger charge is -2.11. The summed E-state index contributed by atoms with van der Waals surface area (Å²) >= 11 is 0. The van der Waals surface area contributed by atoms with Crippen LogP contribution in [-0.4, -0.2) is 39.5 Å². The van der Waals surface area contributed by atoms with Crippen molar-refractivity contribution in [3.63, 3.8) is 0 Å². The van der Waals surface area contributed by atoms with Crippen molar-refractivity contribution in [2.75, 3.05) is 0 Å². The average molecular weight is 343 g/mol. The maximum Gasteiger partial charge on any atom is 0.307 e. The quantitative estimate of drug-likeness (QED) is 0.593. The number of carboxylic acids is 2. The molecule has 122 valence electrons. The minimum atomic E-state index is -0.614. The van der Waals surface area contributed by atoms with Gasteiger partial charge in [-0.2, -0.15) is 0 Å². The summed E-state index contributed by atoms with van der Waals surface area (Å²) in [7, 11) is 0. The van der Waals surface area contributed by atoms with E-state index >= 15 is 0 Å². The van der Waals surface area contributed by atoms with Crippen molar-refractivity contribution in [1.29, 1.82) is 0 Å². The van der Waals surface area contributed by atoms with E-state index in [1.54, 1.807) is 0 Å². The van der Waals surface area contributed by atoms with E-state index < -0.39 is 11.9 Å². The second-order valence-corrected chi connectivity index (χ2v) is 6.45.